The summed E-state index contributed by atoms with van der Waals surface area (Å²) in [5.41, 5.74) is 0. The molecule has 0 spiro atoms. The van der Waals surface area contributed by atoms with Gasteiger partial charge in [0.25, 0.3) is 0 Å². The molecule has 1 saturated carbocycles. The van der Waals surface area contributed by atoms with Gasteiger partial charge in [0, 0.05) is 19.4 Å². The van der Waals surface area contributed by atoms with Crippen LogP contribution in [0.3, 0.4) is 0 Å². The monoisotopic (exact) mass is 298 g/mol. The van der Waals surface area contributed by atoms with Gasteiger partial charge in [-0.1, -0.05) is 6.42 Å². The fourth-order valence-corrected chi connectivity index (χ4v) is 2.94. The van der Waals surface area contributed by atoms with Gasteiger partial charge in [0.2, 0.25) is 11.8 Å². The number of aliphatic hydroxyl groups is 1. The molecule has 0 unspecified atom stereocenters. The first-order chi connectivity index (χ1) is 10.1. The number of aliphatic hydroxyl groups excluding tert-OH is 1. The molecule has 21 heavy (non-hydrogen) atoms. The van der Waals surface area contributed by atoms with E-state index in [1.54, 1.807) is 0 Å². The van der Waals surface area contributed by atoms with Crippen molar-refractivity contribution < 1.29 is 19.4 Å². The third kappa shape index (κ3) is 4.68. The summed E-state index contributed by atoms with van der Waals surface area (Å²) in [7, 11) is 0. The molecule has 6 heteroatoms. The Labute approximate surface area is 125 Å². The Morgan fingerprint density at radius 1 is 1.24 bits per heavy atom. The third-order valence-corrected chi connectivity index (χ3v) is 4.43. The Hall–Kier alpha value is -1.14. The van der Waals surface area contributed by atoms with Crippen LogP contribution in [0, 0.1) is 5.92 Å². The molecule has 0 aromatic rings. The summed E-state index contributed by atoms with van der Waals surface area (Å²) in [6.07, 6.45) is 5.25. The first kappa shape index (κ1) is 16.2. The van der Waals surface area contributed by atoms with Crippen molar-refractivity contribution in [1.82, 2.24) is 10.6 Å². The summed E-state index contributed by atoms with van der Waals surface area (Å²) in [5.74, 6) is 0.270. The van der Waals surface area contributed by atoms with Gasteiger partial charge in [0.15, 0.2) is 0 Å². The van der Waals surface area contributed by atoms with E-state index in [-0.39, 0.29) is 42.6 Å². The molecule has 0 bridgehead atoms. The normalized spacial score (nSPS) is 29.5. The highest BCUT2D eigenvalue weighted by Gasteiger charge is 2.31. The van der Waals surface area contributed by atoms with Crippen LogP contribution in [0.25, 0.3) is 0 Å². The summed E-state index contributed by atoms with van der Waals surface area (Å²) >= 11 is 0. The van der Waals surface area contributed by atoms with Crippen molar-refractivity contribution >= 4 is 11.8 Å². The van der Waals surface area contributed by atoms with Crippen molar-refractivity contribution in [2.75, 3.05) is 13.2 Å². The van der Waals surface area contributed by atoms with Gasteiger partial charge in [-0.25, -0.2) is 0 Å². The molecule has 2 aliphatic rings. The van der Waals surface area contributed by atoms with Crippen molar-refractivity contribution in [2.24, 2.45) is 5.92 Å². The Balaban J connectivity index is 1.68. The van der Waals surface area contributed by atoms with Crippen LogP contribution in [-0.4, -0.2) is 48.3 Å². The molecular formula is C15H26N2O4. The minimum Gasteiger partial charge on any atom is -0.394 e. The Morgan fingerprint density at radius 3 is 2.57 bits per heavy atom. The lowest BCUT2D eigenvalue weighted by atomic mass is 9.85. The summed E-state index contributed by atoms with van der Waals surface area (Å²) in [6.45, 7) is 1.98. The standard InChI is InChI=1S/C15H26N2O4/c1-10(19)17-13-6-5-12(21-14(13)9-18)7-8-16-15(20)11-3-2-4-11/h11-14,18H,2-9H2,1H3,(H,16,20)(H,17,19)/t12-,13+,14-/m1/s1. The van der Waals surface area contributed by atoms with E-state index < -0.39 is 0 Å². The van der Waals surface area contributed by atoms with E-state index >= 15 is 0 Å². The Kier molecular flexibility index (Phi) is 5.99. The van der Waals surface area contributed by atoms with E-state index in [1.807, 2.05) is 0 Å². The highest BCUT2D eigenvalue weighted by atomic mass is 16.5. The maximum absolute atomic E-state index is 11.7. The molecule has 1 saturated heterocycles. The van der Waals surface area contributed by atoms with Crippen LogP contribution in [-0.2, 0) is 14.3 Å². The zero-order chi connectivity index (χ0) is 15.2. The number of rotatable bonds is 6. The topological polar surface area (TPSA) is 87.7 Å². The minimum atomic E-state index is -0.352. The molecule has 3 N–H and O–H groups in total. The lowest BCUT2D eigenvalue weighted by Gasteiger charge is -2.36. The fourth-order valence-electron chi connectivity index (χ4n) is 2.94. The number of carbonyl (C=O) groups excluding carboxylic acids is 2. The SMILES string of the molecule is CC(=O)N[C@H]1CC[C@H](CCNC(=O)C2CCC2)O[C@@H]1CO. The van der Waals surface area contributed by atoms with Crippen LogP contribution < -0.4 is 10.6 Å². The maximum atomic E-state index is 11.7. The smallest absolute Gasteiger partial charge is 0.223 e. The van der Waals surface area contributed by atoms with Gasteiger partial charge in [0.05, 0.1) is 18.8 Å². The predicted molar refractivity (Wildman–Crippen MR) is 77.6 cm³/mol. The van der Waals surface area contributed by atoms with E-state index in [9.17, 15) is 14.7 Å². The highest BCUT2D eigenvalue weighted by Crippen LogP contribution is 2.26. The zero-order valence-electron chi connectivity index (χ0n) is 12.6. The molecule has 120 valence electrons. The molecule has 2 amide bonds. The average Bonchev–Trinajstić information content (AvgIpc) is 2.37. The van der Waals surface area contributed by atoms with E-state index in [1.165, 1.54) is 6.92 Å². The molecule has 1 heterocycles. The molecule has 0 aromatic heterocycles. The van der Waals surface area contributed by atoms with Crippen molar-refractivity contribution in [1.29, 1.82) is 0 Å². The average molecular weight is 298 g/mol. The summed E-state index contributed by atoms with van der Waals surface area (Å²) in [6, 6.07) is -0.117. The van der Waals surface area contributed by atoms with Crippen LogP contribution in [0.4, 0.5) is 0 Å². The number of hydrogen-bond acceptors (Lipinski definition) is 4. The lowest BCUT2D eigenvalue weighted by Crippen LogP contribution is -2.50. The van der Waals surface area contributed by atoms with E-state index in [2.05, 4.69) is 10.6 Å². The van der Waals surface area contributed by atoms with Gasteiger partial charge < -0.3 is 20.5 Å². The molecule has 0 aromatic carbocycles. The largest absolute Gasteiger partial charge is 0.394 e. The van der Waals surface area contributed by atoms with E-state index in [0.717, 1.165) is 38.5 Å². The van der Waals surface area contributed by atoms with Crippen molar-refractivity contribution in [3.05, 3.63) is 0 Å². The maximum Gasteiger partial charge on any atom is 0.223 e. The minimum absolute atomic E-state index is 0.0360. The fraction of sp³-hybridized carbons (Fsp3) is 0.867. The second kappa shape index (κ2) is 7.75. The lowest BCUT2D eigenvalue weighted by molar-refractivity contribution is -0.129. The number of hydrogen-bond donors (Lipinski definition) is 3. The second-order valence-electron chi connectivity index (χ2n) is 6.07. The zero-order valence-corrected chi connectivity index (χ0v) is 12.6. The van der Waals surface area contributed by atoms with Crippen LogP contribution in [0.1, 0.15) is 45.4 Å². The molecular weight excluding hydrogens is 272 g/mol. The summed E-state index contributed by atoms with van der Waals surface area (Å²) in [4.78, 5) is 22.8. The molecule has 1 aliphatic heterocycles. The van der Waals surface area contributed by atoms with Gasteiger partial charge in [-0.3, -0.25) is 9.59 Å². The first-order valence-electron chi connectivity index (χ1n) is 7.91. The van der Waals surface area contributed by atoms with E-state index in [0.29, 0.717) is 6.54 Å². The summed E-state index contributed by atoms with van der Waals surface area (Å²) < 4.78 is 5.82. The van der Waals surface area contributed by atoms with Crippen LogP contribution in [0.15, 0.2) is 0 Å². The number of carbonyl (C=O) groups is 2. The first-order valence-corrected chi connectivity index (χ1v) is 7.91. The molecule has 6 nitrogen and oxygen atoms in total. The molecule has 2 fully saturated rings. The molecule has 2 rings (SSSR count). The second-order valence-corrected chi connectivity index (χ2v) is 6.07. The van der Waals surface area contributed by atoms with Crippen molar-refractivity contribution in [3.8, 4) is 0 Å². The summed E-state index contributed by atoms with van der Waals surface area (Å²) in [5, 5.41) is 15.1. The molecule has 0 radical (unpaired) electrons. The number of nitrogens with one attached hydrogen (secondary N) is 2. The van der Waals surface area contributed by atoms with Crippen LogP contribution in [0.2, 0.25) is 0 Å². The van der Waals surface area contributed by atoms with Gasteiger partial charge in [-0.2, -0.15) is 0 Å². The third-order valence-electron chi connectivity index (χ3n) is 4.43. The highest BCUT2D eigenvalue weighted by molar-refractivity contribution is 5.79. The predicted octanol–water partition coefficient (Wildman–Crippen LogP) is 0.337. The van der Waals surface area contributed by atoms with Gasteiger partial charge in [0.1, 0.15) is 6.10 Å². The number of amides is 2. The Morgan fingerprint density at radius 2 is 2.00 bits per heavy atom. The molecule has 3 atom stereocenters. The van der Waals surface area contributed by atoms with Crippen molar-refractivity contribution in [3.63, 3.8) is 0 Å². The van der Waals surface area contributed by atoms with Gasteiger partial charge in [-0.05, 0) is 32.1 Å². The van der Waals surface area contributed by atoms with Crippen LogP contribution >= 0.6 is 0 Å². The quantitative estimate of drug-likeness (QED) is 0.660. The number of ether oxygens (including phenoxy) is 1. The molecule has 1 aliphatic carbocycles. The van der Waals surface area contributed by atoms with Gasteiger partial charge >= 0.3 is 0 Å². The van der Waals surface area contributed by atoms with E-state index in [4.69, 9.17) is 4.74 Å². The Bertz CT molecular complexity index is 371. The van der Waals surface area contributed by atoms with Crippen molar-refractivity contribution in [2.45, 2.75) is 63.7 Å². The van der Waals surface area contributed by atoms with Crippen LogP contribution in [0.5, 0.6) is 0 Å². The van der Waals surface area contributed by atoms with Gasteiger partial charge in [-0.15, -0.1) is 0 Å².